The second-order valence-corrected chi connectivity index (χ2v) is 8.27. The first-order valence-corrected chi connectivity index (χ1v) is 7.66. The Morgan fingerprint density at radius 1 is 1.30 bits per heavy atom. The average molecular weight is 280 g/mol. The molecule has 2 unspecified atom stereocenters. The van der Waals surface area contributed by atoms with Crippen molar-refractivity contribution in [3.05, 3.63) is 0 Å². The van der Waals surface area contributed by atoms with Gasteiger partial charge in [0, 0.05) is 6.54 Å². The number of hydrogen-bond acceptors (Lipinski definition) is 2. The Morgan fingerprint density at radius 3 is 2.25 bits per heavy atom. The summed E-state index contributed by atoms with van der Waals surface area (Å²) in [4.78, 5) is 27.2. The highest BCUT2D eigenvalue weighted by Gasteiger charge is 2.50. The molecule has 0 aromatic rings. The number of nitrogens with zero attached hydrogens (tertiary/aromatic N) is 1. The molecule has 2 rings (SSSR count). The van der Waals surface area contributed by atoms with Crippen LogP contribution in [-0.2, 0) is 9.59 Å². The topological polar surface area (TPSA) is 49.4 Å². The molecule has 0 aromatic carbocycles. The summed E-state index contributed by atoms with van der Waals surface area (Å²) in [6.45, 7) is 13.0. The number of hydrogen-bond donors (Lipinski definition) is 1. The number of carbonyl (C=O) groups is 2. The van der Waals surface area contributed by atoms with E-state index in [9.17, 15) is 9.59 Å². The number of rotatable bonds is 3. The summed E-state index contributed by atoms with van der Waals surface area (Å²) in [5, 5.41) is 2.94. The van der Waals surface area contributed by atoms with Crippen molar-refractivity contribution in [1.29, 1.82) is 0 Å². The predicted octanol–water partition coefficient (Wildman–Crippen LogP) is 2.18. The molecule has 0 spiro atoms. The van der Waals surface area contributed by atoms with Gasteiger partial charge in [-0.05, 0) is 29.6 Å². The zero-order valence-electron chi connectivity index (χ0n) is 13.6. The Labute approximate surface area is 122 Å². The van der Waals surface area contributed by atoms with Crippen molar-refractivity contribution in [1.82, 2.24) is 10.2 Å². The summed E-state index contributed by atoms with van der Waals surface area (Å²) in [7, 11) is 0. The Balaban J connectivity index is 2.28. The highest BCUT2D eigenvalue weighted by molar-refractivity contribution is 5.97. The maximum Gasteiger partial charge on any atom is 0.246 e. The van der Waals surface area contributed by atoms with Gasteiger partial charge in [-0.3, -0.25) is 9.59 Å². The van der Waals surface area contributed by atoms with Crippen LogP contribution in [-0.4, -0.2) is 35.3 Å². The van der Waals surface area contributed by atoms with Crippen molar-refractivity contribution in [2.45, 2.75) is 66.5 Å². The minimum atomic E-state index is -0.410. The second kappa shape index (κ2) is 4.74. The zero-order valence-corrected chi connectivity index (χ0v) is 13.6. The highest BCUT2D eigenvalue weighted by atomic mass is 16.2. The molecular weight excluding hydrogens is 252 g/mol. The van der Waals surface area contributed by atoms with Gasteiger partial charge in [0.05, 0.1) is 0 Å². The molecule has 0 aromatic heterocycles. The average Bonchev–Trinajstić information content (AvgIpc) is 2.99. The van der Waals surface area contributed by atoms with Crippen LogP contribution in [0.4, 0.5) is 0 Å². The molecule has 1 saturated heterocycles. The number of amides is 2. The molecule has 4 heteroatoms. The molecule has 1 aliphatic carbocycles. The van der Waals surface area contributed by atoms with E-state index in [1.165, 1.54) is 0 Å². The maximum atomic E-state index is 12.8. The molecule has 4 nitrogen and oxygen atoms in total. The molecule has 1 aliphatic heterocycles. The summed E-state index contributed by atoms with van der Waals surface area (Å²) in [6.07, 6.45) is 2.31. The van der Waals surface area contributed by atoms with Crippen molar-refractivity contribution in [2.75, 3.05) is 6.54 Å². The Morgan fingerprint density at radius 2 is 1.85 bits per heavy atom. The fraction of sp³-hybridized carbons (Fsp3) is 0.875. The van der Waals surface area contributed by atoms with E-state index in [2.05, 4.69) is 12.2 Å². The van der Waals surface area contributed by atoms with Crippen LogP contribution in [0.2, 0.25) is 0 Å². The lowest BCUT2D eigenvalue weighted by Crippen LogP contribution is -2.68. The van der Waals surface area contributed by atoms with Gasteiger partial charge in [0.2, 0.25) is 11.8 Å². The number of carbonyl (C=O) groups excluding carboxylic acids is 2. The van der Waals surface area contributed by atoms with E-state index in [1.807, 2.05) is 39.5 Å². The van der Waals surface area contributed by atoms with Gasteiger partial charge in [0.25, 0.3) is 0 Å². The third-order valence-corrected chi connectivity index (χ3v) is 4.57. The fourth-order valence-corrected chi connectivity index (χ4v) is 2.94. The van der Waals surface area contributed by atoms with Gasteiger partial charge in [-0.15, -0.1) is 0 Å². The molecule has 2 amide bonds. The van der Waals surface area contributed by atoms with Crippen molar-refractivity contribution in [2.24, 2.45) is 16.7 Å². The van der Waals surface area contributed by atoms with E-state index < -0.39 is 6.04 Å². The van der Waals surface area contributed by atoms with Gasteiger partial charge in [-0.2, -0.15) is 0 Å². The molecule has 1 N–H and O–H groups in total. The van der Waals surface area contributed by atoms with E-state index in [1.54, 1.807) is 0 Å². The molecule has 20 heavy (non-hydrogen) atoms. The first-order valence-electron chi connectivity index (χ1n) is 7.66. The first-order chi connectivity index (χ1) is 9.05. The van der Waals surface area contributed by atoms with Crippen molar-refractivity contribution in [3.63, 3.8) is 0 Å². The van der Waals surface area contributed by atoms with Crippen LogP contribution < -0.4 is 5.32 Å². The quantitative estimate of drug-likeness (QED) is 0.861. The fourth-order valence-electron chi connectivity index (χ4n) is 2.94. The molecule has 1 heterocycles. The van der Waals surface area contributed by atoms with Crippen LogP contribution in [0.3, 0.4) is 0 Å². The Bertz CT molecular complexity index is 419. The van der Waals surface area contributed by atoms with Gasteiger partial charge >= 0.3 is 0 Å². The van der Waals surface area contributed by atoms with Gasteiger partial charge < -0.3 is 10.2 Å². The van der Waals surface area contributed by atoms with Crippen LogP contribution in [0, 0.1) is 16.7 Å². The lowest BCUT2D eigenvalue weighted by molar-refractivity contribution is -0.155. The first kappa shape index (κ1) is 15.3. The minimum Gasteiger partial charge on any atom is -0.342 e. The van der Waals surface area contributed by atoms with E-state index in [4.69, 9.17) is 0 Å². The molecule has 2 fully saturated rings. The summed E-state index contributed by atoms with van der Waals surface area (Å²) in [5.74, 6) is 0.231. The molecule has 2 aliphatic rings. The highest BCUT2D eigenvalue weighted by Crippen LogP contribution is 2.46. The largest absolute Gasteiger partial charge is 0.342 e. The van der Waals surface area contributed by atoms with Crippen LogP contribution in [0.1, 0.15) is 54.4 Å². The molecular formula is C16H28N2O2. The Kier molecular flexibility index (Phi) is 3.64. The van der Waals surface area contributed by atoms with Crippen LogP contribution in [0.15, 0.2) is 0 Å². The SMILES string of the molecule is CC(C)C1C(=O)NC(C(C)(C)C)C(=O)N1CC1(C)CC1. The second-order valence-electron chi connectivity index (χ2n) is 8.27. The Hall–Kier alpha value is -1.06. The summed E-state index contributed by atoms with van der Waals surface area (Å²) < 4.78 is 0. The molecule has 2 atom stereocenters. The maximum absolute atomic E-state index is 12.8. The summed E-state index contributed by atoms with van der Waals surface area (Å²) in [5.41, 5.74) is -0.0275. The molecule has 0 bridgehead atoms. The standard InChI is InChI=1S/C16H28N2O2/c1-10(2)11-13(19)17-12(15(3,4)5)14(20)18(11)9-16(6)7-8-16/h10-12H,7-9H2,1-6H3,(H,17,19). The summed E-state index contributed by atoms with van der Waals surface area (Å²) in [6, 6.07) is -0.731. The van der Waals surface area contributed by atoms with Gasteiger partial charge in [-0.1, -0.05) is 41.5 Å². The smallest absolute Gasteiger partial charge is 0.246 e. The van der Waals surface area contributed by atoms with E-state index in [0.717, 1.165) is 12.8 Å². The molecule has 114 valence electrons. The van der Waals surface area contributed by atoms with Crippen molar-refractivity contribution < 1.29 is 9.59 Å². The van der Waals surface area contributed by atoms with E-state index in [0.29, 0.717) is 6.54 Å². The van der Waals surface area contributed by atoms with Crippen molar-refractivity contribution in [3.8, 4) is 0 Å². The van der Waals surface area contributed by atoms with Gasteiger partial charge in [-0.25, -0.2) is 0 Å². The summed E-state index contributed by atoms with van der Waals surface area (Å²) >= 11 is 0. The zero-order chi connectivity index (χ0) is 15.3. The molecule has 0 radical (unpaired) electrons. The normalized spacial score (nSPS) is 29.6. The van der Waals surface area contributed by atoms with E-state index >= 15 is 0 Å². The monoisotopic (exact) mass is 280 g/mol. The van der Waals surface area contributed by atoms with Crippen LogP contribution in [0.5, 0.6) is 0 Å². The third-order valence-electron chi connectivity index (χ3n) is 4.57. The van der Waals surface area contributed by atoms with Gasteiger partial charge in [0.15, 0.2) is 0 Å². The van der Waals surface area contributed by atoms with Crippen LogP contribution >= 0.6 is 0 Å². The lowest BCUT2D eigenvalue weighted by Gasteiger charge is -2.45. The number of piperazine rings is 1. The predicted molar refractivity (Wildman–Crippen MR) is 79.1 cm³/mol. The van der Waals surface area contributed by atoms with E-state index in [-0.39, 0.29) is 34.6 Å². The lowest BCUT2D eigenvalue weighted by atomic mass is 9.82. The number of nitrogens with one attached hydrogen (secondary N) is 1. The van der Waals surface area contributed by atoms with Crippen LogP contribution in [0.25, 0.3) is 0 Å². The third kappa shape index (κ3) is 2.84. The minimum absolute atomic E-state index is 0.00350. The van der Waals surface area contributed by atoms with Crippen molar-refractivity contribution >= 4 is 11.8 Å². The molecule has 1 saturated carbocycles. The van der Waals surface area contributed by atoms with Gasteiger partial charge in [0.1, 0.15) is 12.1 Å².